The van der Waals surface area contributed by atoms with Crippen molar-refractivity contribution in [3.05, 3.63) is 59.4 Å². The number of carbonyl (C=O) groups is 2. The van der Waals surface area contributed by atoms with Gasteiger partial charge in [0, 0.05) is 17.8 Å². The van der Waals surface area contributed by atoms with Gasteiger partial charge in [0.2, 0.25) is 5.91 Å². The smallest absolute Gasteiger partial charge is 0.323 e. The number of fused-ring (bicyclic) bond motifs is 2. The van der Waals surface area contributed by atoms with Gasteiger partial charge in [0.1, 0.15) is 23.7 Å². The molecule has 28 heavy (non-hydrogen) atoms. The van der Waals surface area contributed by atoms with Gasteiger partial charge in [-0.15, -0.1) is 0 Å². The Balaban J connectivity index is 1.52. The van der Waals surface area contributed by atoms with Gasteiger partial charge in [-0.3, -0.25) is 14.7 Å². The summed E-state index contributed by atoms with van der Waals surface area (Å²) in [6.07, 6.45) is 1.62. The molecule has 3 amide bonds. The highest BCUT2D eigenvalue weighted by Crippen LogP contribution is 2.41. The predicted molar refractivity (Wildman–Crippen MR) is 95.4 cm³/mol. The third kappa shape index (κ3) is 2.97. The van der Waals surface area contributed by atoms with Crippen LogP contribution in [0, 0.1) is 11.6 Å². The van der Waals surface area contributed by atoms with E-state index in [1.807, 2.05) is 0 Å². The zero-order valence-corrected chi connectivity index (χ0v) is 15.0. The molecule has 1 aromatic carbocycles. The van der Waals surface area contributed by atoms with Gasteiger partial charge in [-0.2, -0.15) is 0 Å². The van der Waals surface area contributed by atoms with Crippen LogP contribution < -0.4 is 10.6 Å². The van der Waals surface area contributed by atoms with Gasteiger partial charge in [-0.05, 0) is 25.1 Å². The lowest BCUT2D eigenvalue weighted by molar-refractivity contribution is -0.143. The summed E-state index contributed by atoms with van der Waals surface area (Å²) in [5.41, 5.74) is 0.590. The molecule has 9 heteroatoms. The molecule has 2 N–H and O–H groups in total. The molecule has 0 unspecified atom stereocenters. The number of carbonyl (C=O) groups excluding carboxylic acids is 2. The zero-order chi connectivity index (χ0) is 19.9. The van der Waals surface area contributed by atoms with Gasteiger partial charge in [0.25, 0.3) is 0 Å². The largest absolute Gasteiger partial charge is 0.376 e. The molecule has 2 aliphatic rings. The lowest BCUT2D eigenvalue weighted by Gasteiger charge is -2.51. The van der Waals surface area contributed by atoms with Crippen molar-refractivity contribution in [1.82, 2.24) is 15.2 Å². The second-order valence-corrected chi connectivity index (χ2v) is 6.90. The van der Waals surface area contributed by atoms with Gasteiger partial charge < -0.3 is 15.4 Å². The molecule has 0 radical (unpaired) electrons. The van der Waals surface area contributed by atoms with Crippen LogP contribution in [0.1, 0.15) is 24.2 Å². The number of rotatable bonds is 4. The van der Waals surface area contributed by atoms with Crippen molar-refractivity contribution in [3.8, 4) is 0 Å². The molecule has 0 bridgehead atoms. The first-order valence-electron chi connectivity index (χ1n) is 8.77. The molecule has 1 atom stereocenters. The van der Waals surface area contributed by atoms with Crippen LogP contribution in [0.4, 0.5) is 19.3 Å². The monoisotopic (exact) mass is 388 g/mol. The van der Waals surface area contributed by atoms with E-state index in [1.54, 1.807) is 25.3 Å². The fourth-order valence-corrected chi connectivity index (χ4v) is 3.55. The minimum absolute atomic E-state index is 0.159. The summed E-state index contributed by atoms with van der Waals surface area (Å²) in [5.74, 6) is -1.91. The third-order valence-corrected chi connectivity index (χ3v) is 5.04. The summed E-state index contributed by atoms with van der Waals surface area (Å²) in [7, 11) is 0. The lowest BCUT2D eigenvalue weighted by Crippen LogP contribution is -2.66. The lowest BCUT2D eigenvalue weighted by atomic mass is 9.87. The molecule has 1 fully saturated rings. The average molecular weight is 388 g/mol. The minimum Gasteiger partial charge on any atom is -0.376 e. The first-order chi connectivity index (χ1) is 13.4. The maximum atomic E-state index is 13.9. The first kappa shape index (κ1) is 18.3. The highest BCUT2D eigenvalue weighted by atomic mass is 19.1. The fourth-order valence-electron chi connectivity index (χ4n) is 3.55. The van der Waals surface area contributed by atoms with E-state index in [0.29, 0.717) is 11.4 Å². The number of anilines is 1. The maximum Gasteiger partial charge on any atom is 0.323 e. The molecule has 2 aromatic rings. The van der Waals surface area contributed by atoms with Crippen molar-refractivity contribution >= 4 is 17.6 Å². The zero-order valence-electron chi connectivity index (χ0n) is 15.0. The fraction of sp³-hybridized carbons (Fsp3) is 0.316. The third-order valence-electron chi connectivity index (χ3n) is 5.04. The average Bonchev–Trinajstić information content (AvgIpc) is 2.60. The summed E-state index contributed by atoms with van der Waals surface area (Å²) in [5, 5.41) is 5.38. The number of halogens is 2. The molecule has 2 aliphatic heterocycles. The van der Waals surface area contributed by atoms with Crippen LogP contribution in [0.25, 0.3) is 0 Å². The Morgan fingerprint density at radius 1 is 1.39 bits per heavy atom. The summed E-state index contributed by atoms with van der Waals surface area (Å²) in [6, 6.07) is 5.51. The number of amides is 3. The number of benzene rings is 1. The van der Waals surface area contributed by atoms with Crippen molar-refractivity contribution in [2.45, 2.75) is 18.5 Å². The first-order valence-corrected chi connectivity index (χ1v) is 8.77. The molecule has 0 aliphatic carbocycles. The number of ether oxygens (including phenoxy) is 1. The van der Waals surface area contributed by atoms with E-state index in [4.69, 9.17) is 4.74 Å². The van der Waals surface area contributed by atoms with Crippen LogP contribution in [0.15, 0.2) is 36.5 Å². The van der Waals surface area contributed by atoms with Crippen LogP contribution in [0.2, 0.25) is 0 Å². The topological polar surface area (TPSA) is 83.6 Å². The Bertz CT molecular complexity index is 949. The summed E-state index contributed by atoms with van der Waals surface area (Å²) >= 11 is 0. The maximum absolute atomic E-state index is 13.9. The molecule has 146 valence electrons. The molecule has 1 aromatic heterocycles. The number of pyridine rings is 1. The van der Waals surface area contributed by atoms with Gasteiger partial charge in [0.05, 0.1) is 30.6 Å². The van der Waals surface area contributed by atoms with Crippen molar-refractivity contribution < 1.29 is 23.1 Å². The number of aromatic nitrogens is 1. The summed E-state index contributed by atoms with van der Waals surface area (Å²) < 4.78 is 32.3. The van der Waals surface area contributed by atoms with E-state index in [1.165, 1.54) is 11.0 Å². The van der Waals surface area contributed by atoms with E-state index in [9.17, 15) is 18.4 Å². The van der Waals surface area contributed by atoms with Crippen molar-refractivity contribution in [1.29, 1.82) is 0 Å². The van der Waals surface area contributed by atoms with Crippen LogP contribution in [0.3, 0.4) is 0 Å². The number of urea groups is 1. The Labute approximate surface area is 159 Å². The molecule has 7 nitrogen and oxygen atoms in total. The summed E-state index contributed by atoms with van der Waals surface area (Å²) in [6.45, 7) is 1.81. The van der Waals surface area contributed by atoms with Gasteiger partial charge >= 0.3 is 6.03 Å². The van der Waals surface area contributed by atoms with E-state index < -0.39 is 35.2 Å². The van der Waals surface area contributed by atoms with Crippen molar-refractivity contribution in [3.63, 3.8) is 0 Å². The Hall–Kier alpha value is -3.07. The Morgan fingerprint density at radius 2 is 2.18 bits per heavy atom. The number of hydrogen-bond donors (Lipinski definition) is 2. The molecular weight excluding hydrogens is 370 g/mol. The predicted octanol–water partition coefficient (Wildman–Crippen LogP) is 2.31. The van der Waals surface area contributed by atoms with Gasteiger partial charge in [0.15, 0.2) is 0 Å². The van der Waals surface area contributed by atoms with E-state index in [-0.39, 0.29) is 25.3 Å². The number of nitrogens with zero attached hydrogens (tertiary/aromatic N) is 2. The highest BCUT2D eigenvalue weighted by molar-refractivity contribution is 5.96. The quantitative estimate of drug-likeness (QED) is 0.842. The van der Waals surface area contributed by atoms with Crippen LogP contribution in [-0.2, 0) is 15.1 Å². The Morgan fingerprint density at radius 3 is 2.86 bits per heavy atom. The Kier molecular flexibility index (Phi) is 4.46. The van der Waals surface area contributed by atoms with Crippen molar-refractivity contribution in [2.24, 2.45) is 0 Å². The van der Waals surface area contributed by atoms with Gasteiger partial charge in [-0.1, -0.05) is 6.07 Å². The normalized spacial score (nSPS) is 18.1. The van der Waals surface area contributed by atoms with Crippen molar-refractivity contribution in [2.75, 3.05) is 25.1 Å². The molecule has 1 spiro atoms. The van der Waals surface area contributed by atoms with Crippen LogP contribution in [0.5, 0.6) is 0 Å². The second kappa shape index (κ2) is 6.83. The summed E-state index contributed by atoms with van der Waals surface area (Å²) in [4.78, 5) is 30.9. The van der Waals surface area contributed by atoms with E-state index >= 15 is 0 Å². The number of nitrogens with one attached hydrogen (secondary N) is 2. The SMILES string of the molecule is C[C@H](NC(=O)CN1C(=O)Nc2cccnc2C12COC2)c1ccc(F)cc1F. The molecule has 1 saturated heterocycles. The second-order valence-electron chi connectivity index (χ2n) is 6.90. The minimum atomic E-state index is -0.805. The van der Waals surface area contributed by atoms with Crippen LogP contribution in [-0.4, -0.2) is 41.6 Å². The molecular formula is C19H18F2N4O3. The molecule has 3 heterocycles. The van der Waals surface area contributed by atoms with Gasteiger partial charge in [-0.25, -0.2) is 13.6 Å². The van der Waals surface area contributed by atoms with E-state index in [2.05, 4.69) is 15.6 Å². The van der Waals surface area contributed by atoms with E-state index in [0.717, 1.165) is 12.1 Å². The van der Waals surface area contributed by atoms with Crippen LogP contribution >= 0.6 is 0 Å². The molecule has 0 saturated carbocycles. The highest BCUT2D eigenvalue weighted by Gasteiger charge is 2.53. The molecule has 4 rings (SSSR count). The number of hydrogen-bond acceptors (Lipinski definition) is 4. The standard InChI is InChI=1S/C19H18F2N4O3/c1-11(13-5-4-12(20)7-14(13)21)23-16(26)8-25-18(27)24-15-3-2-6-22-17(15)19(25)9-28-10-19/h2-7,11H,8-10H2,1H3,(H,23,26)(H,24,27)/t11-/m0/s1.